The third-order valence-electron chi connectivity index (χ3n) is 3.92. The number of likely N-dealkylation sites (tertiary alicyclic amines) is 1. The van der Waals surface area contributed by atoms with Crippen molar-refractivity contribution in [1.29, 1.82) is 0 Å². The second kappa shape index (κ2) is 7.58. The molecule has 2 rings (SSSR count). The topological polar surface area (TPSA) is 93.9 Å². The number of nitro groups is 1. The lowest BCUT2D eigenvalue weighted by atomic mass is 10.1. The van der Waals surface area contributed by atoms with Crippen LogP contribution in [0.5, 0.6) is 5.75 Å². The highest BCUT2D eigenvalue weighted by molar-refractivity contribution is 5.69. The molecule has 0 aliphatic carbocycles. The molecule has 1 heterocycles. The Morgan fingerprint density at radius 2 is 2.16 bits per heavy atom. The molecule has 1 atom stereocenters. The van der Waals surface area contributed by atoms with Crippen molar-refractivity contribution in [2.45, 2.75) is 32.8 Å². The monoisotopic (exact) mass is 351 g/mol. The van der Waals surface area contributed by atoms with Gasteiger partial charge in [0.1, 0.15) is 11.3 Å². The largest absolute Gasteiger partial charge is 0.490 e. The number of ether oxygens (including phenoxy) is 2. The van der Waals surface area contributed by atoms with Crippen molar-refractivity contribution in [3.63, 3.8) is 0 Å². The van der Waals surface area contributed by atoms with Crippen molar-refractivity contribution in [3.05, 3.63) is 28.3 Å². The van der Waals surface area contributed by atoms with E-state index in [0.717, 1.165) is 6.42 Å². The fourth-order valence-electron chi connectivity index (χ4n) is 2.76. The summed E-state index contributed by atoms with van der Waals surface area (Å²) in [5.74, 6) is 0.426. The summed E-state index contributed by atoms with van der Waals surface area (Å²) in [6.45, 7) is 7.24. The minimum absolute atomic E-state index is 0.0769. The molecule has 1 fully saturated rings. The molecule has 1 aliphatic rings. The number of nitrogens with zero attached hydrogens (tertiary/aromatic N) is 2. The maximum absolute atomic E-state index is 12.1. The number of hydrogen-bond acceptors (Lipinski definition) is 6. The van der Waals surface area contributed by atoms with E-state index in [0.29, 0.717) is 25.3 Å². The van der Waals surface area contributed by atoms with Crippen molar-refractivity contribution in [2.75, 3.05) is 32.1 Å². The van der Waals surface area contributed by atoms with E-state index in [1.165, 1.54) is 7.11 Å². The highest BCUT2D eigenvalue weighted by Gasteiger charge is 2.30. The van der Waals surface area contributed by atoms with E-state index in [4.69, 9.17) is 9.47 Å². The first kappa shape index (κ1) is 18.8. The van der Waals surface area contributed by atoms with Gasteiger partial charge in [0.15, 0.2) is 5.75 Å². The molecule has 1 aliphatic heterocycles. The number of anilines is 1. The smallest absolute Gasteiger partial charge is 0.410 e. The van der Waals surface area contributed by atoms with E-state index in [9.17, 15) is 14.9 Å². The molecular formula is C17H25N3O5. The Morgan fingerprint density at radius 1 is 1.44 bits per heavy atom. The molecule has 0 aromatic heterocycles. The van der Waals surface area contributed by atoms with Crippen molar-refractivity contribution >= 4 is 17.5 Å². The number of nitro benzene ring substituents is 1. The summed E-state index contributed by atoms with van der Waals surface area (Å²) in [7, 11) is 1.40. The Hall–Kier alpha value is -2.51. The van der Waals surface area contributed by atoms with E-state index in [2.05, 4.69) is 5.32 Å². The molecule has 1 aromatic rings. The fourth-order valence-corrected chi connectivity index (χ4v) is 2.76. The van der Waals surface area contributed by atoms with Gasteiger partial charge in [0.05, 0.1) is 12.0 Å². The van der Waals surface area contributed by atoms with Gasteiger partial charge in [-0.25, -0.2) is 4.79 Å². The highest BCUT2D eigenvalue weighted by Crippen LogP contribution is 2.34. The quantitative estimate of drug-likeness (QED) is 0.646. The van der Waals surface area contributed by atoms with Gasteiger partial charge in [0.25, 0.3) is 0 Å². The number of amides is 1. The number of hydrogen-bond donors (Lipinski definition) is 1. The maximum atomic E-state index is 12.1. The van der Waals surface area contributed by atoms with Gasteiger partial charge >= 0.3 is 11.8 Å². The molecule has 8 nitrogen and oxygen atoms in total. The van der Waals surface area contributed by atoms with Crippen LogP contribution in [-0.2, 0) is 4.74 Å². The SMILES string of the molecule is COc1cccc(NC[C@@H]2CCN(C(=O)OC(C)(C)C)C2)c1[N+](=O)[O-]. The fraction of sp³-hybridized carbons (Fsp3) is 0.588. The van der Waals surface area contributed by atoms with Crippen LogP contribution in [0.15, 0.2) is 18.2 Å². The number of para-hydroxylation sites is 1. The van der Waals surface area contributed by atoms with Gasteiger partial charge in [-0.1, -0.05) is 6.07 Å². The van der Waals surface area contributed by atoms with Crippen molar-refractivity contribution in [1.82, 2.24) is 4.90 Å². The van der Waals surface area contributed by atoms with E-state index in [-0.39, 0.29) is 23.4 Å². The third kappa shape index (κ3) is 4.98. The van der Waals surface area contributed by atoms with E-state index < -0.39 is 10.5 Å². The molecule has 1 amide bonds. The van der Waals surface area contributed by atoms with E-state index in [1.807, 2.05) is 20.8 Å². The Kier molecular flexibility index (Phi) is 5.71. The zero-order chi connectivity index (χ0) is 18.6. The van der Waals surface area contributed by atoms with Gasteiger partial charge < -0.3 is 19.7 Å². The lowest BCUT2D eigenvalue weighted by molar-refractivity contribution is -0.384. The Bertz CT molecular complexity index is 642. The molecule has 138 valence electrons. The molecule has 1 N–H and O–H groups in total. The standard InChI is InChI=1S/C17H25N3O5/c1-17(2,3)25-16(21)19-9-8-12(11-19)10-18-13-6-5-7-14(24-4)15(13)20(22)23/h5-7,12,18H,8-11H2,1-4H3/t12-/m0/s1. The van der Waals surface area contributed by atoms with Gasteiger partial charge in [0.2, 0.25) is 0 Å². The zero-order valence-electron chi connectivity index (χ0n) is 15.1. The van der Waals surface area contributed by atoms with Crippen LogP contribution in [0.2, 0.25) is 0 Å². The van der Waals surface area contributed by atoms with Gasteiger partial charge in [-0.3, -0.25) is 10.1 Å². The van der Waals surface area contributed by atoms with Crippen molar-refractivity contribution in [3.8, 4) is 5.75 Å². The molecule has 0 radical (unpaired) electrons. The van der Waals surface area contributed by atoms with Crippen LogP contribution in [0.3, 0.4) is 0 Å². The summed E-state index contributed by atoms with van der Waals surface area (Å²) in [6.07, 6.45) is 0.506. The average molecular weight is 351 g/mol. The van der Waals surface area contributed by atoms with Crippen LogP contribution in [0, 0.1) is 16.0 Å². The lowest BCUT2D eigenvalue weighted by Crippen LogP contribution is -2.35. The van der Waals surface area contributed by atoms with E-state index in [1.54, 1.807) is 23.1 Å². The molecule has 0 spiro atoms. The number of carbonyl (C=O) groups excluding carboxylic acids is 1. The molecule has 1 saturated heterocycles. The van der Waals surface area contributed by atoms with Gasteiger partial charge in [-0.05, 0) is 45.2 Å². The summed E-state index contributed by atoms with van der Waals surface area (Å²) >= 11 is 0. The summed E-state index contributed by atoms with van der Waals surface area (Å²) in [5.41, 5.74) is -0.179. The molecular weight excluding hydrogens is 326 g/mol. The van der Waals surface area contributed by atoms with Gasteiger partial charge in [0, 0.05) is 19.6 Å². The Labute approximate surface area is 147 Å². The number of carbonyl (C=O) groups is 1. The van der Waals surface area contributed by atoms with Crippen LogP contribution in [0.1, 0.15) is 27.2 Å². The summed E-state index contributed by atoms with van der Waals surface area (Å²) in [4.78, 5) is 24.6. The van der Waals surface area contributed by atoms with Crippen molar-refractivity contribution < 1.29 is 19.2 Å². The third-order valence-corrected chi connectivity index (χ3v) is 3.92. The molecule has 1 aromatic carbocycles. The first-order valence-corrected chi connectivity index (χ1v) is 8.24. The summed E-state index contributed by atoms with van der Waals surface area (Å²) in [6, 6.07) is 4.92. The predicted molar refractivity (Wildman–Crippen MR) is 94.1 cm³/mol. The summed E-state index contributed by atoms with van der Waals surface area (Å²) in [5, 5.41) is 14.4. The molecule has 0 unspecified atom stereocenters. The van der Waals surface area contributed by atoms with Gasteiger partial charge in [-0.15, -0.1) is 0 Å². The second-order valence-corrected chi connectivity index (χ2v) is 7.08. The Morgan fingerprint density at radius 3 is 2.76 bits per heavy atom. The van der Waals surface area contributed by atoms with Crippen LogP contribution < -0.4 is 10.1 Å². The number of rotatable bonds is 5. The predicted octanol–water partition coefficient (Wildman–Crippen LogP) is 3.27. The molecule has 0 saturated carbocycles. The number of methoxy groups -OCH3 is 1. The minimum Gasteiger partial charge on any atom is -0.490 e. The lowest BCUT2D eigenvalue weighted by Gasteiger charge is -2.24. The van der Waals surface area contributed by atoms with Gasteiger partial charge in [-0.2, -0.15) is 0 Å². The number of benzene rings is 1. The number of nitrogens with one attached hydrogen (secondary N) is 1. The second-order valence-electron chi connectivity index (χ2n) is 7.08. The van der Waals surface area contributed by atoms with Crippen LogP contribution in [0.4, 0.5) is 16.2 Å². The minimum atomic E-state index is -0.519. The molecule has 25 heavy (non-hydrogen) atoms. The van der Waals surface area contributed by atoms with Crippen LogP contribution in [-0.4, -0.2) is 48.3 Å². The Balaban J connectivity index is 1.95. The molecule has 8 heteroatoms. The molecule has 0 bridgehead atoms. The first-order valence-electron chi connectivity index (χ1n) is 8.24. The van der Waals surface area contributed by atoms with E-state index >= 15 is 0 Å². The zero-order valence-corrected chi connectivity index (χ0v) is 15.1. The normalized spacial score (nSPS) is 17.3. The first-order chi connectivity index (χ1) is 11.7. The van der Waals surface area contributed by atoms with Crippen molar-refractivity contribution in [2.24, 2.45) is 5.92 Å². The highest BCUT2D eigenvalue weighted by atomic mass is 16.6. The van der Waals surface area contributed by atoms with Crippen LogP contribution in [0.25, 0.3) is 0 Å². The maximum Gasteiger partial charge on any atom is 0.410 e. The summed E-state index contributed by atoms with van der Waals surface area (Å²) < 4.78 is 10.4. The van der Waals surface area contributed by atoms with Crippen LogP contribution >= 0.6 is 0 Å². The average Bonchev–Trinajstić information content (AvgIpc) is 2.99.